The second-order valence-electron chi connectivity index (χ2n) is 3.20. The first-order valence-corrected chi connectivity index (χ1v) is 5.29. The highest BCUT2D eigenvalue weighted by Crippen LogP contribution is 2.22. The van der Waals surface area contributed by atoms with Gasteiger partial charge in [0.25, 0.3) is 0 Å². The molecule has 0 radical (unpaired) electrons. The normalized spacial score (nSPS) is 8.78. The van der Waals surface area contributed by atoms with Crippen LogP contribution in [0.3, 0.4) is 0 Å². The minimum Gasteiger partial charge on any atom is -0.457 e. The Morgan fingerprint density at radius 2 is 1.50 bits per heavy atom. The van der Waals surface area contributed by atoms with E-state index in [9.17, 15) is 9.18 Å². The second kappa shape index (κ2) is 7.84. The lowest BCUT2D eigenvalue weighted by molar-refractivity contribution is -0.105. The summed E-state index contributed by atoms with van der Waals surface area (Å²) in [4.78, 5) is 10.2. The predicted octanol–water partition coefficient (Wildman–Crippen LogP) is 3.63. The maximum absolute atomic E-state index is 10.2. The van der Waals surface area contributed by atoms with Crippen LogP contribution in [0.1, 0.15) is 0 Å². The number of carbonyl (C=O) groups excluding carboxylic acids is 1. The molecular weight excluding hydrogens is 233 g/mol. The maximum atomic E-state index is 10.2. The van der Waals surface area contributed by atoms with Crippen LogP contribution in [0, 0.1) is 0 Å². The van der Waals surface area contributed by atoms with Crippen LogP contribution in [-0.4, -0.2) is 13.6 Å². The molecule has 0 unspecified atom stereocenters. The quantitative estimate of drug-likeness (QED) is 0.838. The molecule has 2 aromatic carbocycles. The Labute approximate surface area is 105 Å². The van der Waals surface area contributed by atoms with Gasteiger partial charge in [-0.05, 0) is 36.4 Å². The van der Waals surface area contributed by atoms with Gasteiger partial charge >= 0.3 is 0 Å². The average Bonchev–Trinajstić information content (AvgIpc) is 2.45. The number of hydrogen-bond acceptors (Lipinski definition) is 2. The molecule has 0 aliphatic heterocycles. The van der Waals surface area contributed by atoms with Crippen LogP contribution < -0.4 is 10.1 Å². The number of rotatable bonds is 4. The van der Waals surface area contributed by atoms with Gasteiger partial charge in [0, 0.05) is 5.69 Å². The highest BCUT2D eigenvalue weighted by molar-refractivity contribution is 5.71. The fourth-order valence-corrected chi connectivity index (χ4v) is 1.31. The molecule has 0 bridgehead atoms. The predicted molar refractivity (Wildman–Crippen MR) is 69.7 cm³/mol. The molecule has 2 aromatic rings. The fraction of sp³-hybridized carbons (Fsp3) is 0.0714. The summed E-state index contributed by atoms with van der Waals surface area (Å²) in [5.41, 5.74) is 0.746. The Morgan fingerprint density at radius 3 is 2.06 bits per heavy atom. The third kappa shape index (κ3) is 4.25. The summed E-state index contributed by atoms with van der Waals surface area (Å²) < 4.78 is 15.1. The van der Waals surface area contributed by atoms with Crippen LogP contribution in [-0.2, 0) is 4.79 Å². The number of halogens is 1. The molecule has 3 nitrogen and oxygen atoms in total. The van der Waals surface area contributed by atoms with Crippen molar-refractivity contribution in [1.29, 1.82) is 0 Å². The first-order chi connectivity index (χ1) is 8.88. The number of para-hydroxylation sites is 1. The molecule has 0 aromatic heterocycles. The van der Waals surface area contributed by atoms with Crippen molar-refractivity contribution in [3.8, 4) is 11.5 Å². The molecule has 0 saturated heterocycles. The molecular formula is C14H14FNO2. The molecule has 1 amide bonds. The van der Waals surface area contributed by atoms with Crippen molar-refractivity contribution in [2.75, 3.05) is 12.5 Å². The SMILES string of the molecule is CF.O=CNc1ccc(Oc2ccccc2)cc1. The zero-order valence-electron chi connectivity index (χ0n) is 9.97. The Balaban J connectivity index is 0.000000771. The zero-order valence-corrected chi connectivity index (χ0v) is 9.97. The van der Waals surface area contributed by atoms with Crippen LogP contribution in [0.2, 0.25) is 0 Å². The van der Waals surface area contributed by atoms with Crippen molar-refractivity contribution in [2.24, 2.45) is 0 Å². The van der Waals surface area contributed by atoms with E-state index >= 15 is 0 Å². The third-order valence-electron chi connectivity index (χ3n) is 2.06. The van der Waals surface area contributed by atoms with E-state index in [0.717, 1.165) is 17.2 Å². The molecule has 0 spiro atoms. The summed E-state index contributed by atoms with van der Waals surface area (Å²) in [5, 5.41) is 2.56. The molecule has 1 N–H and O–H groups in total. The fourth-order valence-electron chi connectivity index (χ4n) is 1.31. The van der Waals surface area contributed by atoms with Crippen molar-refractivity contribution in [1.82, 2.24) is 0 Å². The minimum atomic E-state index is 0.500. The van der Waals surface area contributed by atoms with E-state index in [1.165, 1.54) is 0 Å². The lowest BCUT2D eigenvalue weighted by atomic mass is 10.3. The molecule has 0 heterocycles. The number of alkyl halides is 1. The van der Waals surface area contributed by atoms with Crippen LogP contribution in [0.25, 0.3) is 0 Å². The summed E-state index contributed by atoms with van der Waals surface area (Å²) in [7, 11) is 0.500. The highest BCUT2D eigenvalue weighted by atomic mass is 19.1. The first kappa shape index (κ1) is 13.7. The Bertz CT molecular complexity index is 457. The number of ether oxygens (including phenoxy) is 1. The lowest BCUT2D eigenvalue weighted by Gasteiger charge is -2.05. The van der Waals surface area contributed by atoms with Gasteiger partial charge in [-0.2, -0.15) is 0 Å². The van der Waals surface area contributed by atoms with Crippen molar-refractivity contribution >= 4 is 12.1 Å². The number of carbonyl (C=O) groups is 1. The first-order valence-electron chi connectivity index (χ1n) is 5.29. The van der Waals surface area contributed by atoms with Gasteiger partial charge in [-0.3, -0.25) is 9.18 Å². The van der Waals surface area contributed by atoms with Gasteiger partial charge in [0.15, 0.2) is 0 Å². The Kier molecular flexibility index (Phi) is 5.97. The topological polar surface area (TPSA) is 38.3 Å². The molecule has 18 heavy (non-hydrogen) atoms. The summed E-state index contributed by atoms with van der Waals surface area (Å²) in [5.74, 6) is 1.53. The van der Waals surface area contributed by atoms with Crippen molar-refractivity contribution in [2.45, 2.75) is 0 Å². The lowest BCUT2D eigenvalue weighted by Crippen LogP contribution is -1.92. The minimum absolute atomic E-state index is 0.500. The highest BCUT2D eigenvalue weighted by Gasteiger charge is 1.96. The van der Waals surface area contributed by atoms with Gasteiger partial charge in [-0.15, -0.1) is 0 Å². The van der Waals surface area contributed by atoms with Gasteiger partial charge in [0.05, 0.1) is 7.18 Å². The summed E-state index contributed by atoms with van der Waals surface area (Å²) in [6, 6.07) is 16.7. The zero-order chi connectivity index (χ0) is 13.2. The molecule has 0 aliphatic carbocycles. The van der Waals surface area contributed by atoms with E-state index in [1.54, 1.807) is 24.3 Å². The van der Waals surface area contributed by atoms with Crippen LogP contribution in [0.5, 0.6) is 11.5 Å². The summed E-state index contributed by atoms with van der Waals surface area (Å²) in [6.07, 6.45) is 0.646. The summed E-state index contributed by atoms with van der Waals surface area (Å²) >= 11 is 0. The number of anilines is 1. The molecule has 2 rings (SSSR count). The molecule has 0 atom stereocenters. The van der Waals surface area contributed by atoms with E-state index < -0.39 is 0 Å². The number of amides is 1. The van der Waals surface area contributed by atoms with Crippen LogP contribution in [0.4, 0.5) is 10.1 Å². The van der Waals surface area contributed by atoms with E-state index in [1.807, 2.05) is 30.3 Å². The standard InChI is InChI=1S/C13H11NO2.CH3F/c15-10-14-11-6-8-13(9-7-11)16-12-4-2-1-3-5-12;1-2/h1-10H,(H,14,15);1H3. The van der Waals surface area contributed by atoms with Gasteiger partial charge in [-0.1, -0.05) is 18.2 Å². The largest absolute Gasteiger partial charge is 0.457 e. The monoisotopic (exact) mass is 247 g/mol. The molecule has 94 valence electrons. The number of benzene rings is 2. The molecule has 0 aliphatic rings. The maximum Gasteiger partial charge on any atom is 0.211 e. The van der Waals surface area contributed by atoms with Crippen molar-refractivity contribution < 1.29 is 13.9 Å². The van der Waals surface area contributed by atoms with Crippen LogP contribution >= 0.6 is 0 Å². The molecule has 0 saturated carbocycles. The molecule has 0 fully saturated rings. The van der Waals surface area contributed by atoms with Crippen molar-refractivity contribution in [3.63, 3.8) is 0 Å². The Hall–Kier alpha value is -2.36. The molecule has 4 heteroatoms. The van der Waals surface area contributed by atoms with Gasteiger partial charge in [0.2, 0.25) is 6.41 Å². The second-order valence-corrected chi connectivity index (χ2v) is 3.20. The number of hydrogen-bond donors (Lipinski definition) is 1. The van der Waals surface area contributed by atoms with E-state index in [2.05, 4.69) is 5.32 Å². The number of nitrogens with one attached hydrogen (secondary N) is 1. The van der Waals surface area contributed by atoms with E-state index in [4.69, 9.17) is 4.74 Å². The van der Waals surface area contributed by atoms with Crippen LogP contribution in [0.15, 0.2) is 54.6 Å². The Morgan fingerprint density at radius 1 is 0.944 bits per heavy atom. The van der Waals surface area contributed by atoms with Gasteiger partial charge in [0.1, 0.15) is 11.5 Å². The van der Waals surface area contributed by atoms with Crippen molar-refractivity contribution in [3.05, 3.63) is 54.6 Å². The smallest absolute Gasteiger partial charge is 0.211 e. The van der Waals surface area contributed by atoms with Gasteiger partial charge < -0.3 is 10.1 Å². The van der Waals surface area contributed by atoms with Gasteiger partial charge in [-0.25, -0.2) is 0 Å². The average molecular weight is 247 g/mol. The third-order valence-corrected chi connectivity index (χ3v) is 2.06. The summed E-state index contributed by atoms with van der Waals surface area (Å²) in [6.45, 7) is 0. The van der Waals surface area contributed by atoms with E-state index in [-0.39, 0.29) is 0 Å². The van der Waals surface area contributed by atoms with E-state index in [0.29, 0.717) is 13.6 Å².